The average molecular weight is 201 g/mol. The fraction of sp³-hybridized carbons (Fsp3) is 0.900. The molecule has 0 radical (unpaired) electrons. The molecule has 0 aromatic heterocycles. The first-order valence-corrected chi connectivity index (χ1v) is 4.91. The highest BCUT2D eigenvalue weighted by Crippen LogP contribution is 2.38. The van der Waals surface area contributed by atoms with Crippen molar-refractivity contribution in [2.45, 2.75) is 44.8 Å². The molecule has 0 aromatic rings. The number of nitrogens with two attached hydrogens (primary N) is 1. The summed E-state index contributed by atoms with van der Waals surface area (Å²) in [5.41, 5.74) is 4.07. The van der Waals surface area contributed by atoms with E-state index in [0.717, 1.165) is 0 Å². The molecule has 0 atom stereocenters. The molecular formula is C10H19NO3. The maximum atomic E-state index is 11.5. The zero-order valence-electron chi connectivity index (χ0n) is 9.04. The van der Waals surface area contributed by atoms with E-state index in [2.05, 4.69) is 0 Å². The van der Waals surface area contributed by atoms with E-state index in [-0.39, 0.29) is 18.4 Å². The van der Waals surface area contributed by atoms with Crippen molar-refractivity contribution in [3.63, 3.8) is 0 Å². The van der Waals surface area contributed by atoms with Crippen LogP contribution in [0.4, 0.5) is 0 Å². The minimum atomic E-state index is -0.832. The van der Waals surface area contributed by atoms with Crippen LogP contribution in [0.2, 0.25) is 0 Å². The molecule has 0 spiro atoms. The van der Waals surface area contributed by atoms with Gasteiger partial charge >= 0.3 is 5.97 Å². The summed E-state index contributed by atoms with van der Waals surface area (Å²) in [6, 6.07) is 0. The van der Waals surface area contributed by atoms with Crippen LogP contribution in [0.5, 0.6) is 0 Å². The molecule has 14 heavy (non-hydrogen) atoms. The third kappa shape index (κ3) is 2.69. The lowest BCUT2D eigenvalue weighted by molar-refractivity contribution is -0.174. The SMILES string of the molecule is CC(C)(C)OC(=O)C1CC(O)(CN)C1. The van der Waals surface area contributed by atoms with E-state index >= 15 is 0 Å². The molecule has 1 rings (SSSR count). The van der Waals surface area contributed by atoms with Gasteiger partial charge in [0.2, 0.25) is 0 Å². The highest BCUT2D eigenvalue weighted by atomic mass is 16.6. The molecule has 1 aliphatic carbocycles. The molecule has 4 heteroatoms. The standard InChI is InChI=1S/C10H19NO3/c1-9(2,3)14-8(12)7-4-10(13,5-7)6-11/h7,13H,4-6,11H2,1-3H3. The Hall–Kier alpha value is -0.610. The molecule has 0 bridgehead atoms. The summed E-state index contributed by atoms with van der Waals surface area (Å²) >= 11 is 0. The Morgan fingerprint density at radius 1 is 1.57 bits per heavy atom. The maximum Gasteiger partial charge on any atom is 0.309 e. The number of hydrogen-bond acceptors (Lipinski definition) is 4. The Labute approximate surface area is 84.4 Å². The first-order valence-electron chi connectivity index (χ1n) is 4.91. The van der Waals surface area contributed by atoms with Gasteiger partial charge in [0.1, 0.15) is 5.60 Å². The fourth-order valence-electron chi connectivity index (χ4n) is 1.58. The Bertz CT molecular complexity index is 226. The number of rotatable bonds is 2. The van der Waals surface area contributed by atoms with Crippen LogP contribution in [-0.4, -0.2) is 28.8 Å². The van der Waals surface area contributed by atoms with Crippen LogP contribution >= 0.6 is 0 Å². The Balaban J connectivity index is 2.37. The van der Waals surface area contributed by atoms with Gasteiger partial charge in [0.25, 0.3) is 0 Å². The van der Waals surface area contributed by atoms with Crippen LogP contribution in [0.25, 0.3) is 0 Å². The molecule has 0 amide bonds. The molecule has 1 aliphatic rings. The molecule has 82 valence electrons. The zero-order chi connectivity index (χ0) is 11.0. The van der Waals surface area contributed by atoms with E-state index in [9.17, 15) is 9.90 Å². The highest BCUT2D eigenvalue weighted by Gasteiger charge is 2.46. The van der Waals surface area contributed by atoms with Crippen molar-refractivity contribution in [2.24, 2.45) is 11.7 Å². The van der Waals surface area contributed by atoms with Gasteiger partial charge in [-0.05, 0) is 33.6 Å². The van der Waals surface area contributed by atoms with Gasteiger partial charge < -0.3 is 15.6 Å². The van der Waals surface area contributed by atoms with Crippen molar-refractivity contribution in [1.82, 2.24) is 0 Å². The lowest BCUT2D eigenvalue weighted by Crippen LogP contribution is -2.52. The predicted molar refractivity (Wildman–Crippen MR) is 52.6 cm³/mol. The summed E-state index contributed by atoms with van der Waals surface area (Å²) in [6.07, 6.45) is 0.858. The number of aliphatic hydroxyl groups is 1. The minimum Gasteiger partial charge on any atom is -0.460 e. The Kier molecular flexibility index (Phi) is 2.88. The van der Waals surface area contributed by atoms with Gasteiger partial charge in [0.05, 0.1) is 11.5 Å². The number of carbonyl (C=O) groups excluding carboxylic acids is 1. The second kappa shape index (κ2) is 3.51. The minimum absolute atomic E-state index is 0.178. The Morgan fingerprint density at radius 3 is 2.43 bits per heavy atom. The average Bonchev–Trinajstić information content (AvgIpc) is 1.95. The van der Waals surface area contributed by atoms with Crippen LogP contribution in [0.15, 0.2) is 0 Å². The van der Waals surface area contributed by atoms with Gasteiger partial charge in [0.15, 0.2) is 0 Å². The zero-order valence-corrected chi connectivity index (χ0v) is 9.04. The van der Waals surface area contributed by atoms with Crippen molar-refractivity contribution < 1.29 is 14.6 Å². The van der Waals surface area contributed by atoms with Gasteiger partial charge in [-0.2, -0.15) is 0 Å². The van der Waals surface area contributed by atoms with Crippen LogP contribution in [0, 0.1) is 5.92 Å². The predicted octanol–water partition coefficient (Wildman–Crippen LogP) is 0.428. The summed E-state index contributed by atoms with van der Waals surface area (Å²) in [7, 11) is 0. The highest BCUT2D eigenvalue weighted by molar-refractivity contribution is 5.74. The van der Waals surface area contributed by atoms with Gasteiger partial charge in [-0.1, -0.05) is 0 Å². The normalized spacial score (nSPS) is 32.2. The molecule has 1 fully saturated rings. The van der Waals surface area contributed by atoms with E-state index < -0.39 is 11.2 Å². The third-order valence-corrected chi connectivity index (χ3v) is 2.37. The molecule has 0 heterocycles. The summed E-state index contributed by atoms with van der Waals surface area (Å²) in [5, 5.41) is 9.60. The molecule has 1 saturated carbocycles. The monoisotopic (exact) mass is 201 g/mol. The van der Waals surface area contributed by atoms with Crippen LogP contribution in [0.1, 0.15) is 33.6 Å². The van der Waals surface area contributed by atoms with Gasteiger partial charge in [-0.3, -0.25) is 4.79 Å². The van der Waals surface area contributed by atoms with Gasteiger partial charge in [0, 0.05) is 6.54 Å². The molecule has 0 aliphatic heterocycles. The van der Waals surface area contributed by atoms with E-state index in [1.807, 2.05) is 20.8 Å². The topological polar surface area (TPSA) is 72.5 Å². The molecular weight excluding hydrogens is 182 g/mol. The molecule has 0 unspecified atom stereocenters. The molecule has 3 N–H and O–H groups in total. The lowest BCUT2D eigenvalue weighted by atomic mass is 9.71. The number of carbonyl (C=O) groups is 1. The molecule has 0 aromatic carbocycles. The van der Waals surface area contributed by atoms with Crippen molar-refractivity contribution in [1.29, 1.82) is 0 Å². The summed E-state index contributed by atoms with van der Waals surface area (Å²) in [4.78, 5) is 11.5. The molecule has 4 nitrogen and oxygen atoms in total. The summed E-state index contributed by atoms with van der Waals surface area (Å²) < 4.78 is 5.19. The second-order valence-electron chi connectivity index (χ2n) is 5.07. The number of esters is 1. The largest absolute Gasteiger partial charge is 0.460 e. The molecule has 0 saturated heterocycles. The maximum absolute atomic E-state index is 11.5. The van der Waals surface area contributed by atoms with Crippen LogP contribution in [-0.2, 0) is 9.53 Å². The van der Waals surface area contributed by atoms with Crippen molar-refractivity contribution in [3.8, 4) is 0 Å². The quantitative estimate of drug-likeness (QED) is 0.635. The van der Waals surface area contributed by atoms with Crippen molar-refractivity contribution in [2.75, 3.05) is 6.54 Å². The smallest absolute Gasteiger partial charge is 0.309 e. The van der Waals surface area contributed by atoms with E-state index in [4.69, 9.17) is 10.5 Å². The third-order valence-electron chi connectivity index (χ3n) is 2.37. The number of ether oxygens (including phenoxy) is 1. The van der Waals surface area contributed by atoms with Gasteiger partial charge in [-0.15, -0.1) is 0 Å². The van der Waals surface area contributed by atoms with Crippen LogP contribution in [0.3, 0.4) is 0 Å². The first-order chi connectivity index (χ1) is 6.26. The van der Waals surface area contributed by atoms with Crippen molar-refractivity contribution in [3.05, 3.63) is 0 Å². The van der Waals surface area contributed by atoms with Crippen LogP contribution < -0.4 is 5.73 Å². The Morgan fingerprint density at radius 2 is 2.07 bits per heavy atom. The number of hydrogen-bond donors (Lipinski definition) is 2. The summed E-state index contributed by atoms with van der Waals surface area (Å²) in [6.45, 7) is 5.71. The van der Waals surface area contributed by atoms with E-state index in [1.54, 1.807) is 0 Å². The first kappa shape index (κ1) is 11.5. The van der Waals surface area contributed by atoms with Gasteiger partial charge in [-0.25, -0.2) is 0 Å². The van der Waals surface area contributed by atoms with E-state index in [1.165, 1.54) is 0 Å². The summed E-state index contributed by atoms with van der Waals surface area (Å²) in [5.74, 6) is -0.404. The lowest BCUT2D eigenvalue weighted by Gasteiger charge is -2.42. The second-order valence-corrected chi connectivity index (χ2v) is 5.07. The van der Waals surface area contributed by atoms with Crippen molar-refractivity contribution >= 4 is 5.97 Å². The van der Waals surface area contributed by atoms with E-state index in [0.29, 0.717) is 12.8 Å². The fourth-order valence-corrected chi connectivity index (χ4v) is 1.58.